The van der Waals surface area contributed by atoms with E-state index in [9.17, 15) is 4.79 Å². The summed E-state index contributed by atoms with van der Waals surface area (Å²) < 4.78 is 0. The Kier molecular flexibility index (Phi) is 5.18. The fraction of sp³-hybridized carbons (Fsp3) is 0.312. The SMILES string of the molecule is CC(C)CNc1ccc(NC(=O)Cc2cccs2)cc1. The number of carbonyl (C=O) groups is 1. The Bertz CT molecular complexity index is 532. The zero-order valence-corrected chi connectivity index (χ0v) is 12.7. The minimum atomic E-state index is 0.0235. The summed E-state index contributed by atoms with van der Waals surface area (Å²) in [6, 6.07) is 11.8. The van der Waals surface area contributed by atoms with Crippen LogP contribution in [-0.4, -0.2) is 12.5 Å². The van der Waals surface area contributed by atoms with E-state index >= 15 is 0 Å². The molecule has 0 radical (unpaired) electrons. The third kappa shape index (κ3) is 4.70. The lowest BCUT2D eigenvalue weighted by atomic mass is 10.2. The highest BCUT2D eigenvalue weighted by atomic mass is 32.1. The number of hydrogen-bond acceptors (Lipinski definition) is 3. The van der Waals surface area contributed by atoms with Gasteiger partial charge in [0.05, 0.1) is 6.42 Å². The molecule has 20 heavy (non-hydrogen) atoms. The molecule has 0 saturated heterocycles. The molecule has 0 fully saturated rings. The normalized spacial score (nSPS) is 10.6. The van der Waals surface area contributed by atoms with Crippen molar-refractivity contribution >= 4 is 28.6 Å². The maximum Gasteiger partial charge on any atom is 0.229 e. The van der Waals surface area contributed by atoms with Crippen LogP contribution in [-0.2, 0) is 11.2 Å². The van der Waals surface area contributed by atoms with Crippen LogP contribution < -0.4 is 10.6 Å². The van der Waals surface area contributed by atoms with Gasteiger partial charge in [0.15, 0.2) is 0 Å². The van der Waals surface area contributed by atoms with Crippen molar-refractivity contribution in [1.82, 2.24) is 0 Å². The van der Waals surface area contributed by atoms with Crippen LogP contribution in [0.1, 0.15) is 18.7 Å². The van der Waals surface area contributed by atoms with Crippen molar-refractivity contribution in [3.05, 3.63) is 46.7 Å². The Morgan fingerprint density at radius 1 is 1.15 bits per heavy atom. The van der Waals surface area contributed by atoms with Crippen molar-refractivity contribution in [1.29, 1.82) is 0 Å². The highest BCUT2D eigenvalue weighted by Gasteiger charge is 2.04. The lowest BCUT2D eigenvalue weighted by Gasteiger charge is -2.10. The molecule has 2 rings (SSSR count). The summed E-state index contributed by atoms with van der Waals surface area (Å²) >= 11 is 1.60. The summed E-state index contributed by atoms with van der Waals surface area (Å²) in [5.74, 6) is 0.635. The first-order valence-electron chi connectivity index (χ1n) is 6.79. The molecule has 0 bridgehead atoms. The van der Waals surface area contributed by atoms with E-state index in [0.29, 0.717) is 12.3 Å². The highest BCUT2D eigenvalue weighted by molar-refractivity contribution is 7.10. The predicted octanol–water partition coefficient (Wildman–Crippen LogP) is 4.00. The monoisotopic (exact) mass is 288 g/mol. The first kappa shape index (κ1) is 14.6. The van der Waals surface area contributed by atoms with Crippen molar-refractivity contribution in [3.8, 4) is 0 Å². The van der Waals surface area contributed by atoms with Crippen molar-refractivity contribution in [2.45, 2.75) is 20.3 Å². The lowest BCUT2D eigenvalue weighted by molar-refractivity contribution is -0.115. The lowest BCUT2D eigenvalue weighted by Crippen LogP contribution is -2.13. The van der Waals surface area contributed by atoms with E-state index in [1.807, 2.05) is 41.8 Å². The number of amides is 1. The predicted molar refractivity (Wildman–Crippen MR) is 86.4 cm³/mol. The molecule has 0 aliphatic heterocycles. The van der Waals surface area contributed by atoms with E-state index in [2.05, 4.69) is 24.5 Å². The molecule has 1 aromatic heterocycles. The molecule has 4 heteroatoms. The number of carbonyl (C=O) groups excluding carboxylic acids is 1. The number of hydrogen-bond donors (Lipinski definition) is 2. The molecule has 1 aromatic carbocycles. The number of benzene rings is 1. The number of anilines is 2. The van der Waals surface area contributed by atoms with Gasteiger partial charge in [-0.15, -0.1) is 11.3 Å². The van der Waals surface area contributed by atoms with Gasteiger partial charge in [0.25, 0.3) is 0 Å². The van der Waals surface area contributed by atoms with Crippen molar-refractivity contribution in [2.24, 2.45) is 5.92 Å². The summed E-state index contributed by atoms with van der Waals surface area (Å²) in [6.45, 7) is 5.29. The molecule has 3 nitrogen and oxygen atoms in total. The van der Waals surface area contributed by atoms with E-state index in [-0.39, 0.29) is 5.91 Å². The van der Waals surface area contributed by atoms with E-state index in [1.54, 1.807) is 11.3 Å². The van der Waals surface area contributed by atoms with Crippen LogP contribution in [0.2, 0.25) is 0 Å². The zero-order chi connectivity index (χ0) is 14.4. The van der Waals surface area contributed by atoms with Gasteiger partial charge in [-0.3, -0.25) is 4.79 Å². The average molecular weight is 288 g/mol. The van der Waals surface area contributed by atoms with Crippen LogP contribution in [0.5, 0.6) is 0 Å². The molecule has 0 unspecified atom stereocenters. The molecule has 106 valence electrons. The van der Waals surface area contributed by atoms with Gasteiger partial charge < -0.3 is 10.6 Å². The average Bonchev–Trinajstić information content (AvgIpc) is 2.90. The first-order valence-corrected chi connectivity index (χ1v) is 7.67. The van der Waals surface area contributed by atoms with Gasteiger partial charge in [-0.1, -0.05) is 19.9 Å². The minimum absolute atomic E-state index is 0.0235. The number of rotatable bonds is 6. The van der Waals surface area contributed by atoms with Gasteiger partial charge in [-0.05, 0) is 41.6 Å². The molecular formula is C16H20N2OS. The number of thiophene rings is 1. The fourth-order valence-electron chi connectivity index (χ4n) is 1.77. The molecule has 1 heterocycles. The Labute approximate surface area is 124 Å². The second-order valence-corrected chi connectivity index (χ2v) is 6.19. The molecular weight excluding hydrogens is 268 g/mol. The van der Waals surface area contributed by atoms with Gasteiger partial charge in [0.2, 0.25) is 5.91 Å². The minimum Gasteiger partial charge on any atom is -0.385 e. The second kappa shape index (κ2) is 7.10. The first-order chi connectivity index (χ1) is 9.63. The zero-order valence-electron chi connectivity index (χ0n) is 11.8. The van der Waals surface area contributed by atoms with Gasteiger partial charge in [0.1, 0.15) is 0 Å². The second-order valence-electron chi connectivity index (χ2n) is 5.16. The summed E-state index contributed by atoms with van der Waals surface area (Å²) in [4.78, 5) is 12.9. The van der Waals surface area contributed by atoms with E-state index in [1.165, 1.54) is 0 Å². The van der Waals surface area contributed by atoms with E-state index < -0.39 is 0 Å². The Hall–Kier alpha value is -1.81. The fourth-order valence-corrected chi connectivity index (χ4v) is 2.47. The molecule has 0 atom stereocenters. The van der Waals surface area contributed by atoms with Crippen molar-refractivity contribution in [3.63, 3.8) is 0 Å². The van der Waals surface area contributed by atoms with Crippen LogP contribution in [0.15, 0.2) is 41.8 Å². The molecule has 0 spiro atoms. The maximum atomic E-state index is 11.9. The summed E-state index contributed by atoms with van der Waals surface area (Å²) in [6.07, 6.45) is 0.436. The van der Waals surface area contributed by atoms with Crippen molar-refractivity contribution in [2.75, 3.05) is 17.2 Å². The quantitative estimate of drug-likeness (QED) is 0.843. The van der Waals surface area contributed by atoms with Crippen LogP contribution >= 0.6 is 11.3 Å². The standard InChI is InChI=1S/C16H20N2OS/c1-12(2)11-17-13-5-7-14(8-6-13)18-16(19)10-15-4-3-9-20-15/h3-9,12,17H,10-11H2,1-2H3,(H,18,19). The third-order valence-corrected chi connectivity index (χ3v) is 3.67. The Balaban J connectivity index is 1.85. The topological polar surface area (TPSA) is 41.1 Å². The molecule has 0 aliphatic carbocycles. The summed E-state index contributed by atoms with van der Waals surface area (Å²) in [7, 11) is 0. The molecule has 2 aromatic rings. The largest absolute Gasteiger partial charge is 0.385 e. The number of nitrogens with one attached hydrogen (secondary N) is 2. The Morgan fingerprint density at radius 3 is 2.45 bits per heavy atom. The van der Waals surface area contributed by atoms with E-state index in [0.717, 1.165) is 22.8 Å². The molecule has 0 aliphatic rings. The molecule has 2 N–H and O–H groups in total. The van der Waals surface area contributed by atoms with Gasteiger partial charge >= 0.3 is 0 Å². The third-order valence-electron chi connectivity index (χ3n) is 2.80. The Morgan fingerprint density at radius 2 is 1.85 bits per heavy atom. The van der Waals surface area contributed by atoms with Gasteiger partial charge in [-0.2, -0.15) is 0 Å². The van der Waals surface area contributed by atoms with E-state index in [4.69, 9.17) is 0 Å². The van der Waals surface area contributed by atoms with Crippen molar-refractivity contribution < 1.29 is 4.79 Å². The van der Waals surface area contributed by atoms with Crippen LogP contribution in [0.4, 0.5) is 11.4 Å². The maximum absolute atomic E-state index is 11.9. The highest BCUT2D eigenvalue weighted by Crippen LogP contribution is 2.15. The smallest absolute Gasteiger partial charge is 0.229 e. The summed E-state index contributed by atoms with van der Waals surface area (Å²) in [5.41, 5.74) is 1.91. The van der Waals surface area contributed by atoms with Crippen LogP contribution in [0.25, 0.3) is 0 Å². The van der Waals surface area contributed by atoms with Gasteiger partial charge in [-0.25, -0.2) is 0 Å². The molecule has 1 amide bonds. The van der Waals surface area contributed by atoms with Gasteiger partial charge in [0, 0.05) is 22.8 Å². The van der Waals surface area contributed by atoms with Crippen LogP contribution in [0, 0.1) is 5.92 Å². The summed E-state index contributed by atoms with van der Waals surface area (Å²) in [5, 5.41) is 8.25. The van der Waals surface area contributed by atoms with Crippen LogP contribution in [0.3, 0.4) is 0 Å². The molecule has 0 saturated carbocycles.